The molecule has 1 atom stereocenters. The Balaban J connectivity index is 2.41. The molecular formula is C15H23F3N2. The van der Waals surface area contributed by atoms with E-state index in [0.29, 0.717) is 19.4 Å². The summed E-state index contributed by atoms with van der Waals surface area (Å²) in [6.07, 6.45) is -2.80. The predicted octanol–water partition coefficient (Wildman–Crippen LogP) is 3.74. The highest BCUT2D eigenvalue weighted by Crippen LogP contribution is 2.20. The fraction of sp³-hybridized carbons (Fsp3) is 0.600. The molecule has 0 heterocycles. The van der Waals surface area contributed by atoms with E-state index in [2.05, 4.69) is 0 Å². The molecule has 1 unspecified atom stereocenters. The lowest BCUT2D eigenvalue weighted by Gasteiger charge is -2.27. The summed E-state index contributed by atoms with van der Waals surface area (Å²) in [5.41, 5.74) is 7.07. The van der Waals surface area contributed by atoms with E-state index in [9.17, 15) is 13.2 Å². The van der Waals surface area contributed by atoms with Gasteiger partial charge in [0.1, 0.15) is 0 Å². The second kappa shape index (κ2) is 7.64. The van der Waals surface area contributed by atoms with E-state index in [1.807, 2.05) is 30.3 Å². The van der Waals surface area contributed by atoms with E-state index >= 15 is 0 Å². The van der Waals surface area contributed by atoms with Gasteiger partial charge in [-0.1, -0.05) is 30.3 Å². The normalized spacial score (nSPS) is 14.0. The van der Waals surface area contributed by atoms with Gasteiger partial charge in [0.05, 0.1) is 6.54 Å². The van der Waals surface area contributed by atoms with Crippen molar-refractivity contribution in [3.63, 3.8) is 0 Å². The summed E-state index contributed by atoms with van der Waals surface area (Å²) >= 11 is 0. The van der Waals surface area contributed by atoms with Gasteiger partial charge >= 0.3 is 6.18 Å². The molecule has 0 spiro atoms. The van der Waals surface area contributed by atoms with Crippen molar-refractivity contribution in [1.29, 1.82) is 0 Å². The van der Waals surface area contributed by atoms with Crippen LogP contribution in [0.1, 0.15) is 38.3 Å². The summed E-state index contributed by atoms with van der Waals surface area (Å²) in [6.45, 7) is 3.12. The summed E-state index contributed by atoms with van der Waals surface area (Å²) in [5, 5.41) is 0. The van der Waals surface area contributed by atoms with E-state index in [1.54, 1.807) is 13.8 Å². The van der Waals surface area contributed by atoms with Gasteiger partial charge < -0.3 is 5.73 Å². The Hall–Kier alpha value is -1.07. The Bertz CT molecular complexity index is 376. The van der Waals surface area contributed by atoms with Gasteiger partial charge in [0.2, 0.25) is 0 Å². The van der Waals surface area contributed by atoms with E-state index in [1.165, 1.54) is 4.90 Å². The van der Waals surface area contributed by atoms with Crippen LogP contribution in [0.4, 0.5) is 13.2 Å². The quantitative estimate of drug-likeness (QED) is 0.828. The van der Waals surface area contributed by atoms with Gasteiger partial charge in [-0.2, -0.15) is 13.2 Å². The highest BCUT2D eigenvalue weighted by Gasteiger charge is 2.31. The zero-order valence-corrected chi connectivity index (χ0v) is 12.0. The lowest BCUT2D eigenvalue weighted by atomic mass is 10.0. The van der Waals surface area contributed by atoms with Crippen LogP contribution in [0.2, 0.25) is 0 Å². The SMILES string of the molecule is CC(C)N(CCCC(N)c1ccccc1)CC(F)(F)F. The first-order valence-electron chi connectivity index (χ1n) is 6.91. The van der Waals surface area contributed by atoms with Gasteiger partial charge in [-0.3, -0.25) is 4.90 Å². The van der Waals surface area contributed by atoms with Gasteiger partial charge in [-0.05, 0) is 38.8 Å². The maximum atomic E-state index is 12.5. The number of alkyl halides is 3. The van der Waals surface area contributed by atoms with Crippen LogP contribution in [0.3, 0.4) is 0 Å². The molecule has 0 amide bonds. The molecule has 1 aromatic carbocycles. The predicted molar refractivity (Wildman–Crippen MR) is 75.4 cm³/mol. The molecular weight excluding hydrogens is 265 g/mol. The highest BCUT2D eigenvalue weighted by atomic mass is 19.4. The molecule has 0 bridgehead atoms. The minimum Gasteiger partial charge on any atom is -0.324 e. The van der Waals surface area contributed by atoms with Crippen molar-refractivity contribution in [2.75, 3.05) is 13.1 Å². The third kappa shape index (κ3) is 6.39. The van der Waals surface area contributed by atoms with Gasteiger partial charge in [-0.25, -0.2) is 0 Å². The van der Waals surface area contributed by atoms with E-state index in [4.69, 9.17) is 5.73 Å². The maximum absolute atomic E-state index is 12.5. The first kappa shape index (κ1) is 17.0. The summed E-state index contributed by atoms with van der Waals surface area (Å²) in [7, 11) is 0. The molecule has 0 radical (unpaired) electrons. The standard InChI is InChI=1S/C15H23F3N2/c1-12(2)20(11-15(16,17)18)10-6-9-14(19)13-7-4-3-5-8-13/h3-5,7-8,12,14H,6,9-11,19H2,1-2H3. The Kier molecular flexibility index (Phi) is 6.49. The van der Waals surface area contributed by atoms with Crippen LogP contribution in [0, 0.1) is 0 Å². The lowest BCUT2D eigenvalue weighted by Crippen LogP contribution is -2.39. The Morgan fingerprint density at radius 2 is 1.75 bits per heavy atom. The number of hydrogen-bond donors (Lipinski definition) is 1. The Morgan fingerprint density at radius 3 is 2.25 bits per heavy atom. The molecule has 1 aromatic rings. The molecule has 0 aliphatic carbocycles. The number of nitrogens with zero attached hydrogens (tertiary/aromatic N) is 1. The molecule has 0 saturated carbocycles. The van der Waals surface area contributed by atoms with E-state index < -0.39 is 12.7 Å². The topological polar surface area (TPSA) is 29.3 Å². The minimum absolute atomic E-state index is 0.115. The number of nitrogens with two attached hydrogens (primary N) is 1. The van der Waals surface area contributed by atoms with Crippen LogP contribution in [-0.2, 0) is 0 Å². The van der Waals surface area contributed by atoms with Gasteiger partial charge in [0, 0.05) is 12.1 Å². The van der Waals surface area contributed by atoms with Gasteiger partial charge in [-0.15, -0.1) is 0 Å². The summed E-state index contributed by atoms with van der Waals surface area (Å²) in [5.74, 6) is 0. The van der Waals surface area contributed by atoms with Crippen LogP contribution in [0.15, 0.2) is 30.3 Å². The van der Waals surface area contributed by atoms with Crippen molar-refractivity contribution >= 4 is 0 Å². The van der Waals surface area contributed by atoms with Crippen molar-refractivity contribution in [3.05, 3.63) is 35.9 Å². The van der Waals surface area contributed by atoms with E-state index in [0.717, 1.165) is 5.56 Å². The summed E-state index contributed by atoms with van der Waals surface area (Å²) in [6, 6.07) is 9.40. The largest absolute Gasteiger partial charge is 0.401 e. The number of halogens is 3. The average molecular weight is 288 g/mol. The van der Waals surface area contributed by atoms with Gasteiger partial charge in [0.15, 0.2) is 0 Å². The molecule has 0 saturated heterocycles. The van der Waals surface area contributed by atoms with Crippen LogP contribution in [0.25, 0.3) is 0 Å². The van der Waals surface area contributed by atoms with Gasteiger partial charge in [0.25, 0.3) is 0 Å². The molecule has 114 valence electrons. The van der Waals surface area contributed by atoms with Crippen molar-refractivity contribution < 1.29 is 13.2 Å². The summed E-state index contributed by atoms with van der Waals surface area (Å²) in [4.78, 5) is 1.44. The second-order valence-corrected chi connectivity index (χ2v) is 5.34. The molecule has 20 heavy (non-hydrogen) atoms. The zero-order valence-electron chi connectivity index (χ0n) is 12.0. The lowest BCUT2D eigenvalue weighted by molar-refractivity contribution is -0.149. The van der Waals surface area contributed by atoms with E-state index in [-0.39, 0.29) is 12.1 Å². The molecule has 2 nitrogen and oxygen atoms in total. The Morgan fingerprint density at radius 1 is 1.15 bits per heavy atom. The molecule has 0 aliphatic rings. The van der Waals surface area contributed by atoms with Crippen molar-refractivity contribution in [2.24, 2.45) is 5.73 Å². The molecule has 5 heteroatoms. The third-order valence-corrected chi connectivity index (χ3v) is 3.30. The smallest absolute Gasteiger partial charge is 0.324 e. The molecule has 0 aliphatic heterocycles. The third-order valence-electron chi connectivity index (χ3n) is 3.30. The number of benzene rings is 1. The van der Waals surface area contributed by atoms with Crippen molar-refractivity contribution in [2.45, 2.75) is 44.9 Å². The Labute approximate surface area is 118 Å². The van der Waals surface area contributed by atoms with Crippen molar-refractivity contribution in [1.82, 2.24) is 4.90 Å². The second-order valence-electron chi connectivity index (χ2n) is 5.34. The minimum atomic E-state index is -4.15. The molecule has 0 aromatic heterocycles. The molecule has 1 rings (SSSR count). The van der Waals surface area contributed by atoms with Crippen LogP contribution < -0.4 is 5.73 Å². The molecule has 0 fully saturated rings. The maximum Gasteiger partial charge on any atom is 0.401 e. The van der Waals surface area contributed by atoms with Crippen LogP contribution in [-0.4, -0.2) is 30.2 Å². The monoisotopic (exact) mass is 288 g/mol. The van der Waals surface area contributed by atoms with Crippen molar-refractivity contribution in [3.8, 4) is 0 Å². The zero-order chi connectivity index (χ0) is 15.2. The average Bonchev–Trinajstić information content (AvgIpc) is 2.37. The van der Waals surface area contributed by atoms with Crippen LogP contribution >= 0.6 is 0 Å². The number of hydrogen-bond acceptors (Lipinski definition) is 2. The number of rotatable bonds is 7. The van der Waals surface area contributed by atoms with Crippen LogP contribution in [0.5, 0.6) is 0 Å². The first-order chi connectivity index (χ1) is 9.29. The first-order valence-corrected chi connectivity index (χ1v) is 6.91. The summed E-state index contributed by atoms with van der Waals surface area (Å²) < 4.78 is 37.4. The fourth-order valence-corrected chi connectivity index (χ4v) is 2.13. The molecule has 2 N–H and O–H groups in total. The highest BCUT2D eigenvalue weighted by molar-refractivity contribution is 5.18. The fourth-order valence-electron chi connectivity index (χ4n) is 2.13.